The predicted molar refractivity (Wildman–Crippen MR) is 57.1 cm³/mol. The number of nitriles is 2. The third-order valence-electron chi connectivity index (χ3n) is 3.50. The Morgan fingerprint density at radius 2 is 1.32 bits per heavy atom. The van der Waals surface area contributed by atoms with Crippen molar-refractivity contribution in [2.24, 2.45) is 11.5 Å². The molecule has 2 rings (SSSR count). The van der Waals surface area contributed by atoms with Crippen LogP contribution in [0.3, 0.4) is 0 Å². The van der Waals surface area contributed by atoms with Gasteiger partial charge >= 0.3 is 22.3 Å². The maximum Gasteiger partial charge on any atom is 0.482 e. The molecule has 0 spiro atoms. The van der Waals surface area contributed by atoms with E-state index in [0.29, 0.717) is 0 Å². The second-order valence-corrected chi connectivity index (χ2v) is 6.57. The number of carbonyl (C=O) groups is 2. The number of amides is 4. The normalized spacial score (nSPS) is 39.7. The fourth-order valence-electron chi connectivity index (χ4n) is 2.17. The Bertz CT molecular complexity index is 622. The molecule has 0 radical (unpaired) electrons. The minimum Gasteiger partial charge on any atom is -0.318 e. The number of carbonyl (C=O) groups excluding carboxylic acids is 2. The summed E-state index contributed by atoms with van der Waals surface area (Å²) >= 11 is 0. The maximum atomic E-state index is 12.5. The van der Waals surface area contributed by atoms with Gasteiger partial charge in [0.1, 0.15) is 12.1 Å². The van der Waals surface area contributed by atoms with Crippen molar-refractivity contribution in [3.63, 3.8) is 0 Å². The van der Waals surface area contributed by atoms with Crippen LogP contribution in [0.25, 0.3) is 0 Å². The first-order valence-electron chi connectivity index (χ1n) is 5.12. The van der Waals surface area contributed by atoms with E-state index in [2.05, 4.69) is 0 Å². The molecule has 2 saturated heterocycles. The molecular weight excluding hydrogens is 276 g/mol. The third kappa shape index (κ3) is 1.21. The largest absolute Gasteiger partial charge is 0.482 e. The molecule has 0 aliphatic carbocycles. The second kappa shape index (κ2) is 3.42. The van der Waals surface area contributed by atoms with Crippen molar-refractivity contribution in [3.8, 4) is 12.1 Å². The van der Waals surface area contributed by atoms with Crippen LogP contribution in [0.1, 0.15) is 0 Å². The fourth-order valence-corrected chi connectivity index (χ4v) is 4.54. The first-order valence-corrected chi connectivity index (χ1v) is 6.52. The molecule has 2 heterocycles. The van der Waals surface area contributed by atoms with E-state index < -0.39 is 42.1 Å². The monoisotopic (exact) mass is 286 g/mol. The molecule has 2 fully saturated rings. The van der Waals surface area contributed by atoms with Crippen LogP contribution in [-0.4, -0.2) is 53.4 Å². The van der Waals surface area contributed by atoms with Crippen LogP contribution in [0.15, 0.2) is 0 Å². The Kier molecular flexibility index (Phi) is 2.38. The molecular formula is C8H10N6O4S+2. The minimum atomic E-state index is -4.56. The average Bonchev–Trinajstić information content (AvgIpc) is 3.20. The summed E-state index contributed by atoms with van der Waals surface area (Å²) in [5.74, 6) is 0. The summed E-state index contributed by atoms with van der Waals surface area (Å²) in [5.41, 5.74) is 10.1. The quantitative estimate of drug-likeness (QED) is 0.432. The van der Waals surface area contributed by atoms with Crippen LogP contribution in [-0.2, 0) is 10.2 Å². The van der Waals surface area contributed by atoms with Gasteiger partial charge in [-0.05, 0) is 0 Å². The molecule has 4 unspecified atom stereocenters. The summed E-state index contributed by atoms with van der Waals surface area (Å²) in [7, 11) is -4.56. The molecule has 100 valence electrons. The smallest absolute Gasteiger partial charge is 0.318 e. The molecule has 2 aliphatic heterocycles. The van der Waals surface area contributed by atoms with Crippen molar-refractivity contribution in [2.75, 3.05) is 13.1 Å². The molecule has 4 atom stereocenters. The molecule has 0 aromatic carbocycles. The van der Waals surface area contributed by atoms with Crippen LogP contribution in [0, 0.1) is 22.7 Å². The summed E-state index contributed by atoms with van der Waals surface area (Å²) in [6, 6.07) is -1.58. The van der Waals surface area contributed by atoms with Crippen LogP contribution in [0.4, 0.5) is 9.59 Å². The van der Waals surface area contributed by atoms with Crippen molar-refractivity contribution in [1.82, 2.24) is 0 Å². The first-order chi connectivity index (χ1) is 8.72. The number of nitrogens with two attached hydrogens (primary N) is 2. The van der Waals surface area contributed by atoms with Gasteiger partial charge < -0.3 is 11.5 Å². The van der Waals surface area contributed by atoms with E-state index in [-0.39, 0.29) is 13.1 Å². The molecule has 10 nitrogen and oxygen atoms in total. The van der Waals surface area contributed by atoms with E-state index >= 15 is 0 Å². The summed E-state index contributed by atoms with van der Waals surface area (Å²) < 4.78 is 22.2. The Balaban J connectivity index is 2.57. The van der Waals surface area contributed by atoms with E-state index in [1.165, 1.54) is 0 Å². The lowest BCUT2D eigenvalue weighted by molar-refractivity contribution is -0.680. The van der Waals surface area contributed by atoms with Gasteiger partial charge in [-0.3, -0.25) is 0 Å². The number of primary amides is 2. The average molecular weight is 286 g/mol. The first kappa shape index (κ1) is 13.2. The predicted octanol–water partition coefficient (Wildman–Crippen LogP) is -2.17. The van der Waals surface area contributed by atoms with Crippen molar-refractivity contribution in [1.29, 1.82) is 10.5 Å². The van der Waals surface area contributed by atoms with Crippen molar-refractivity contribution in [2.45, 2.75) is 12.1 Å². The van der Waals surface area contributed by atoms with Crippen LogP contribution in [0.2, 0.25) is 0 Å². The highest BCUT2D eigenvalue weighted by Gasteiger charge is 2.86. The third-order valence-corrected chi connectivity index (χ3v) is 6.31. The zero-order valence-electron chi connectivity index (χ0n) is 9.55. The molecule has 11 heteroatoms. The summed E-state index contributed by atoms with van der Waals surface area (Å²) in [5, 5.41) is 17.6. The zero-order valence-corrected chi connectivity index (χ0v) is 10.4. The van der Waals surface area contributed by atoms with E-state index in [1.807, 2.05) is 0 Å². The lowest BCUT2D eigenvalue weighted by Crippen LogP contribution is -2.58. The van der Waals surface area contributed by atoms with Gasteiger partial charge in [-0.1, -0.05) is 7.78 Å². The van der Waals surface area contributed by atoms with Gasteiger partial charge in [-0.2, -0.15) is 10.5 Å². The maximum absolute atomic E-state index is 12.5. The van der Waals surface area contributed by atoms with Gasteiger partial charge in [0.15, 0.2) is 13.1 Å². The number of quaternary nitrogens is 2. The minimum absolute atomic E-state index is 0.334. The van der Waals surface area contributed by atoms with Crippen LogP contribution < -0.4 is 11.5 Å². The Morgan fingerprint density at radius 1 is 1.00 bits per heavy atom. The highest BCUT2D eigenvalue weighted by Crippen LogP contribution is 2.47. The van der Waals surface area contributed by atoms with Gasteiger partial charge in [0.2, 0.25) is 0 Å². The molecule has 19 heavy (non-hydrogen) atoms. The molecule has 0 aromatic rings. The number of hydrogen-bond acceptors (Lipinski definition) is 6. The lowest BCUT2D eigenvalue weighted by atomic mass is 10.5. The van der Waals surface area contributed by atoms with E-state index in [4.69, 9.17) is 22.0 Å². The SMILES string of the molecule is N#CC1C[N+]1(C(N)=O)S(=O)(=O)[N+]1(C(N)=O)CC1C#N. The van der Waals surface area contributed by atoms with Crippen molar-refractivity contribution < 1.29 is 25.8 Å². The highest BCUT2D eigenvalue weighted by molar-refractivity contribution is 7.81. The van der Waals surface area contributed by atoms with Crippen molar-refractivity contribution in [3.05, 3.63) is 0 Å². The van der Waals surface area contributed by atoms with Gasteiger partial charge in [-0.25, -0.2) is 9.59 Å². The van der Waals surface area contributed by atoms with E-state index in [0.717, 1.165) is 0 Å². The van der Waals surface area contributed by atoms with Gasteiger partial charge in [-0.15, -0.1) is 8.42 Å². The number of urea groups is 2. The van der Waals surface area contributed by atoms with Crippen LogP contribution in [0.5, 0.6) is 0 Å². The Hall–Kier alpha value is -2.21. The molecule has 2 aliphatic rings. The zero-order chi connectivity index (χ0) is 14.6. The number of hydrogen-bond donors (Lipinski definition) is 2. The molecule has 0 bridgehead atoms. The number of rotatable bonds is 2. The highest BCUT2D eigenvalue weighted by atomic mass is 32.2. The topological polar surface area (TPSA) is 168 Å². The van der Waals surface area contributed by atoms with E-state index in [1.54, 1.807) is 12.1 Å². The van der Waals surface area contributed by atoms with Gasteiger partial charge in [0.25, 0.3) is 12.1 Å². The van der Waals surface area contributed by atoms with Gasteiger partial charge in [0.05, 0.1) is 0 Å². The summed E-state index contributed by atoms with van der Waals surface area (Å²) in [4.78, 5) is 22.8. The molecule has 0 saturated carbocycles. The molecule has 4 amide bonds. The summed E-state index contributed by atoms with van der Waals surface area (Å²) in [6.07, 6.45) is 0. The lowest BCUT2D eigenvalue weighted by Gasteiger charge is -2.17. The molecule has 0 aromatic heterocycles. The molecule has 4 N–H and O–H groups in total. The Morgan fingerprint density at radius 3 is 1.47 bits per heavy atom. The number of nitrogens with zero attached hydrogens (tertiary/aromatic N) is 4. The fraction of sp³-hybridized carbons (Fsp3) is 0.500. The van der Waals surface area contributed by atoms with Gasteiger partial charge in [0, 0.05) is 0 Å². The Labute approximate surface area is 108 Å². The summed E-state index contributed by atoms with van der Waals surface area (Å²) in [6.45, 7) is -0.667. The van der Waals surface area contributed by atoms with Crippen LogP contribution >= 0.6 is 0 Å². The van der Waals surface area contributed by atoms with E-state index in [9.17, 15) is 18.0 Å². The van der Waals surface area contributed by atoms with Crippen molar-refractivity contribution >= 4 is 22.3 Å². The second-order valence-electron chi connectivity index (χ2n) is 4.37. The standard InChI is InChI=1S/C8H8N6O4S/c9-1-5-3-13(5,7(11)15)19(17,18)14(8(12)16)4-6(14)2-10/h5-6H,3-4H2,(H2-2,11,12,15,16)/p+2.